The third kappa shape index (κ3) is 4.69. The number of amides is 1. The molecule has 2 rings (SSSR count). The fourth-order valence-corrected chi connectivity index (χ4v) is 3.55. The number of carbonyl (C=O) groups is 1. The lowest BCUT2D eigenvalue weighted by atomic mass is 9.95. The van der Waals surface area contributed by atoms with Gasteiger partial charge in [0.1, 0.15) is 0 Å². The van der Waals surface area contributed by atoms with Crippen molar-refractivity contribution in [3.05, 3.63) is 16.1 Å². The van der Waals surface area contributed by atoms with Gasteiger partial charge in [-0.25, -0.2) is 4.98 Å². The molecule has 1 saturated heterocycles. The van der Waals surface area contributed by atoms with Gasteiger partial charge in [-0.05, 0) is 25.2 Å². The Morgan fingerprint density at radius 1 is 1.64 bits per heavy atom. The summed E-state index contributed by atoms with van der Waals surface area (Å²) in [5.41, 5.74) is 6.37. The number of hydrogen-bond donors (Lipinski definition) is 2. The third-order valence-electron chi connectivity index (χ3n) is 3.85. The number of hydrogen-bond acceptors (Lipinski definition) is 4. The standard InChI is InChI=1S/C15H25N5OS/c1-3-14-19-12(10-22-14)8-18-15(17-2)20-6-4-5-11(9-20)7-13(16)21/h10-11H,3-9H2,1-2H3,(H2,16,21)(H,17,18). The molecule has 6 nitrogen and oxygen atoms in total. The molecule has 2 heterocycles. The molecule has 1 unspecified atom stereocenters. The Morgan fingerprint density at radius 2 is 2.45 bits per heavy atom. The second-order valence-electron chi connectivity index (χ2n) is 5.61. The van der Waals surface area contributed by atoms with Crippen molar-refractivity contribution in [2.75, 3.05) is 20.1 Å². The summed E-state index contributed by atoms with van der Waals surface area (Å²) in [7, 11) is 1.79. The van der Waals surface area contributed by atoms with Crippen LogP contribution in [0.2, 0.25) is 0 Å². The largest absolute Gasteiger partial charge is 0.370 e. The van der Waals surface area contributed by atoms with Gasteiger partial charge in [0.15, 0.2) is 5.96 Å². The van der Waals surface area contributed by atoms with Crippen molar-refractivity contribution in [3.8, 4) is 0 Å². The molecule has 0 aliphatic carbocycles. The summed E-state index contributed by atoms with van der Waals surface area (Å²) >= 11 is 1.70. The Bertz CT molecular complexity index is 528. The van der Waals surface area contributed by atoms with Crippen LogP contribution in [0.4, 0.5) is 0 Å². The van der Waals surface area contributed by atoms with E-state index in [1.807, 2.05) is 0 Å². The van der Waals surface area contributed by atoms with Crippen LogP contribution in [-0.2, 0) is 17.8 Å². The number of thiazole rings is 1. The first-order valence-electron chi connectivity index (χ1n) is 7.79. The number of piperidine rings is 1. The molecule has 1 atom stereocenters. The van der Waals surface area contributed by atoms with Crippen LogP contribution in [0.3, 0.4) is 0 Å². The van der Waals surface area contributed by atoms with E-state index in [1.165, 1.54) is 0 Å². The van der Waals surface area contributed by atoms with Gasteiger partial charge in [-0.1, -0.05) is 6.92 Å². The number of aromatic nitrogens is 1. The number of aryl methyl sites for hydroxylation is 1. The highest BCUT2D eigenvalue weighted by molar-refractivity contribution is 7.09. The van der Waals surface area contributed by atoms with Gasteiger partial charge in [-0.2, -0.15) is 0 Å². The number of guanidine groups is 1. The van der Waals surface area contributed by atoms with E-state index in [-0.39, 0.29) is 5.91 Å². The van der Waals surface area contributed by atoms with Crippen molar-refractivity contribution in [1.82, 2.24) is 15.2 Å². The molecule has 1 amide bonds. The number of primary amides is 1. The van der Waals surface area contributed by atoms with E-state index in [2.05, 4.69) is 32.5 Å². The van der Waals surface area contributed by atoms with Crippen molar-refractivity contribution in [1.29, 1.82) is 0 Å². The lowest BCUT2D eigenvalue weighted by Gasteiger charge is -2.34. The zero-order valence-corrected chi connectivity index (χ0v) is 14.2. The van der Waals surface area contributed by atoms with Crippen molar-refractivity contribution in [2.24, 2.45) is 16.6 Å². The Kier molecular flexibility index (Phi) is 6.18. The van der Waals surface area contributed by atoms with E-state index in [0.717, 1.165) is 49.0 Å². The number of nitrogens with zero attached hydrogens (tertiary/aromatic N) is 3. The lowest BCUT2D eigenvalue weighted by molar-refractivity contribution is -0.119. The molecular formula is C15H25N5OS. The molecule has 0 radical (unpaired) electrons. The monoisotopic (exact) mass is 323 g/mol. The second kappa shape index (κ2) is 8.12. The van der Waals surface area contributed by atoms with Crippen LogP contribution < -0.4 is 11.1 Å². The SMILES string of the molecule is CCc1nc(CNC(=NC)N2CCCC(CC(N)=O)C2)cs1. The highest BCUT2D eigenvalue weighted by Crippen LogP contribution is 2.19. The molecule has 1 aromatic rings. The highest BCUT2D eigenvalue weighted by Gasteiger charge is 2.23. The van der Waals surface area contributed by atoms with Crippen molar-refractivity contribution >= 4 is 23.2 Å². The van der Waals surface area contributed by atoms with Crippen LogP contribution in [0.1, 0.15) is 36.9 Å². The van der Waals surface area contributed by atoms with E-state index in [4.69, 9.17) is 5.73 Å². The summed E-state index contributed by atoms with van der Waals surface area (Å²) < 4.78 is 0. The molecule has 0 aromatic carbocycles. The van der Waals surface area contributed by atoms with Gasteiger partial charge < -0.3 is 16.0 Å². The fourth-order valence-electron chi connectivity index (χ4n) is 2.80. The van der Waals surface area contributed by atoms with Gasteiger partial charge in [0, 0.05) is 31.9 Å². The second-order valence-corrected chi connectivity index (χ2v) is 6.55. The smallest absolute Gasteiger partial charge is 0.217 e. The van der Waals surface area contributed by atoms with Gasteiger partial charge in [0.25, 0.3) is 0 Å². The molecule has 3 N–H and O–H groups in total. The number of carbonyl (C=O) groups excluding carboxylic acids is 1. The molecule has 1 aliphatic rings. The Hall–Kier alpha value is -1.63. The van der Waals surface area contributed by atoms with E-state index < -0.39 is 0 Å². The topological polar surface area (TPSA) is 83.6 Å². The van der Waals surface area contributed by atoms with E-state index in [1.54, 1.807) is 18.4 Å². The first-order chi connectivity index (χ1) is 10.6. The summed E-state index contributed by atoms with van der Waals surface area (Å²) in [5, 5.41) is 6.62. The van der Waals surface area contributed by atoms with Crippen molar-refractivity contribution < 1.29 is 4.79 Å². The molecule has 0 bridgehead atoms. The zero-order valence-electron chi connectivity index (χ0n) is 13.3. The molecule has 1 aliphatic heterocycles. The Morgan fingerprint density at radius 3 is 3.09 bits per heavy atom. The average molecular weight is 323 g/mol. The molecule has 22 heavy (non-hydrogen) atoms. The maximum Gasteiger partial charge on any atom is 0.217 e. The average Bonchev–Trinajstić information content (AvgIpc) is 2.96. The molecule has 1 fully saturated rings. The van der Waals surface area contributed by atoms with Gasteiger partial charge in [-0.3, -0.25) is 9.79 Å². The Balaban J connectivity index is 1.89. The normalized spacial score (nSPS) is 19.3. The summed E-state index contributed by atoms with van der Waals surface area (Å²) in [4.78, 5) is 22.2. The molecule has 0 saturated carbocycles. The fraction of sp³-hybridized carbons (Fsp3) is 0.667. The number of nitrogens with two attached hydrogens (primary N) is 1. The van der Waals surface area contributed by atoms with Crippen molar-refractivity contribution in [2.45, 2.75) is 39.2 Å². The number of aliphatic imine (C=N–C) groups is 1. The van der Waals surface area contributed by atoms with Gasteiger partial charge in [0.05, 0.1) is 17.2 Å². The predicted octanol–water partition coefficient (Wildman–Crippen LogP) is 1.37. The molecule has 0 spiro atoms. The highest BCUT2D eigenvalue weighted by atomic mass is 32.1. The van der Waals surface area contributed by atoms with Crippen LogP contribution >= 0.6 is 11.3 Å². The molecule has 122 valence electrons. The maximum atomic E-state index is 11.1. The zero-order chi connectivity index (χ0) is 15.9. The first-order valence-corrected chi connectivity index (χ1v) is 8.67. The maximum absolute atomic E-state index is 11.1. The predicted molar refractivity (Wildman–Crippen MR) is 89.8 cm³/mol. The summed E-state index contributed by atoms with van der Waals surface area (Å²) in [6, 6.07) is 0. The third-order valence-corrected chi connectivity index (χ3v) is 4.89. The van der Waals surface area contributed by atoms with E-state index in [0.29, 0.717) is 18.9 Å². The number of likely N-dealkylation sites (tertiary alicyclic amines) is 1. The van der Waals surface area contributed by atoms with Crippen LogP contribution in [0.25, 0.3) is 0 Å². The van der Waals surface area contributed by atoms with Crippen LogP contribution in [0, 0.1) is 5.92 Å². The number of nitrogens with one attached hydrogen (secondary N) is 1. The number of rotatable bonds is 5. The first kappa shape index (κ1) is 16.7. The summed E-state index contributed by atoms with van der Waals surface area (Å²) in [6.45, 7) is 4.59. The van der Waals surface area contributed by atoms with E-state index in [9.17, 15) is 4.79 Å². The lowest BCUT2D eigenvalue weighted by Crippen LogP contribution is -2.46. The minimum atomic E-state index is -0.218. The summed E-state index contributed by atoms with van der Waals surface area (Å²) in [5.74, 6) is 0.986. The Labute approximate surface area is 135 Å². The van der Waals surface area contributed by atoms with Gasteiger partial charge >= 0.3 is 0 Å². The minimum Gasteiger partial charge on any atom is -0.370 e. The summed E-state index contributed by atoms with van der Waals surface area (Å²) in [6.07, 6.45) is 3.55. The quantitative estimate of drug-likeness (QED) is 0.633. The molecule has 1 aromatic heterocycles. The van der Waals surface area contributed by atoms with E-state index >= 15 is 0 Å². The van der Waals surface area contributed by atoms with Gasteiger partial charge in [0.2, 0.25) is 5.91 Å². The van der Waals surface area contributed by atoms with Crippen LogP contribution in [0.15, 0.2) is 10.4 Å². The van der Waals surface area contributed by atoms with Crippen LogP contribution in [0.5, 0.6) is 0 Å². The van der Waals surface area contributed by atoms with Gasteiger partial charge in [-0.15, -0.1) is 11.3 Å². The molecular weight excluding hydrogens is 298 g/mol. The van der Waals surface area contributed by atoms with Crippen LogP contribution in [-0.4, -0.2) is 41.9 Å². The van der Waals surface area contributed by atoms with Crippen molar-refractivity contribution in [3.63, 3.8) is 0 Å². The molecule has 7 heteroatoms. The minimum absolute atomic E-state index is 0.218.